The van der Waals surface area contributed by atoms with Crippen molar-refractivity contribution in [1.82, 2.24) is 5.01 Å². The Labute approximate surface area is 103 Å². The molecule has 9 heteroatoms. The number of carboxylic acid groups (broad SMARTS) is 1. The van der Waals surface area contributed by atoms with Crippen LogP contribution in [0, 0.1) is 11.1 Å². The molecule has 0 bridgehead atoms. The highest BCUT2D eigenvalue weighted by molar-refractivity contribution is 5.70. The van der Waals surface area contributed by atoms with E-state index in [1.807, 2.05) is 0 Å². The molecule has 102 valence electrons. The number of carboxylic acids is 1. The molecule has 1 heterocycles. The van der Waals surface area contributed by atoms with Crippen molar-refractivity contribution in [2.24, 2.45) is 11.2 Å². The van der Waals surface area contributed by atoms with Gasteiger partial charge in [0, 0.05) is 13.8 Å². The van der Waals surface area contributed by atoms with Gasteiger partial charge in [-0.2, -0.15) is 0 Å². The lowest BCUT2D eigenvalue weighted by molar-refractivity contribution is -0.709. The summed E-state index contributed by atoms with van der Waals surface area (Å²) in [4.78, 5) is 26.1. The second kappa shape index (κ2) is 6.03. The Morgan fingerprint density at radius 3 is 2.78 bits per heavy atom. The third-order valence-corrected chi connectivity index (χ3v) is 2.36. The average molecular weight is 261 g/mol. The van der Waals surface area contributed by atoms with E-state index in [0.717, 1.165) is 0 Å². The highest BCUT2D eigenvalue weighted by Gasteiger charge is 2.32. The summed E-state index contributed by atoms with van der Waals surface area (Å²) >= 11 is 0. The molecule has 1 aliphatic rings. The first-order valence-corrected chi connectivity index (χ1v) is 5.39. The van der Waals surface area contributed by atoms with Crippen molar-refractivity contribution in [3.63, 3.8) is 0 Å². The molecule has 0 radical (unpaired) electrons. The summed E-state index contributed by atoms with van der Waals surface area (Å²) in [7, 11) is 0. The maximum atomic E-state index is 11.4. The molecule has 0 spiro atoms. The molecule has 2 atom stereocenters. The standard InChI is InChI=1S/C9H15N3O6/c1-6(13)17-7(2)18-10-12(16)11-4-3-8(5-11)9(14)15/h7-8H,3-5H2,1-2H3,(H,14,15). The molecule has 1 saturated heterocycles. The predicted octanol–water partition coefficient (Wildman–Crippen LogP) is 0.111. The van der Waals surface area contributed by atoms with E-state index < -0.39 is 24.1 Å². The maximum absolute atomic E-state index is 11.4. The average Bonchev–Trinajstić information content (AvgIpc) is 2.74. The maximum Gasteiger partial charge on any atom is 0.308 e. The van der Waals surface area contributed by atoms with Crippen LogP contribution in [0.3, 0.4) is 0 Å². The minimum absolute atomic E-state index is 0.0770. The zero-order chi connectivity index (χ0) is 13.7. The zero-order valence-electron chi connectivity index (χ0n) is 10.1. The number of rotatable bonds is 5. The highest BCUT2D eigenvalue weighted by Crippen LogP contribution is 2.16. The Kier molecular flexibility index (Phi) is 4.69. The molecule has 1 aliphatic heterocycles. The van der Waals surface area contributed by atoms with Crippen LogP contribution in [0.4, 0.5) is 0 Å². The smallest absolute Gasteiger partial charge is 0.308 e. The highest BCUT2D eigenvalue weighted by atomic mass is 16.8. The van der Waals surface area contributed by atoms with Gasteiger partial charge in [-0.25, -0.2) is 0 Å². The number of hydrogen-bond donors (Lipinski definition) is 1. The lowest BCUT2D eigenvalue weighted by atomic mass is 10.1. The molecule has 1 rings (SSSR count). The van der Waals surface area contributed by atoms with E-state index in [-0.39, 0.29) is 18.1 Å². The van der Waals surface area contributed by atoms with Crippen molar-refractivity contribution in [3.8, 4) is 0 Å². The molecule has 0 amide bonds. The number of aliphatic carboxylic acids is 1. The largest absolute Gasteiger partial charge is 0.569 e. The van der Waals surface area contributed by atoms with Gasteiger partial charge in [0.05, 0.1) is 24.0 Å². The van der Waals surface area contributed by atoms with E-state index >= 15 is 0 Å². The van der Waals surface area contributed by atoms with Crippen LogP contribution in [0.15, 0.2) is 5.28 Å². The van der Waals surface area contributed by atoms with Gasteiger partial charge >= 0.3 is 11.9 Å². The van der Waals surface area contributed by atoms with Crippen molar-refractivity contribution in [2.75, 3.05) is 13.1 Å². The zero-order valence-corrected chi connectivity index (χ0v) is 10.1. The summed E-state index contributed by atoms with van der Waals surface area (Å²) in [6, 6.07) is 0. The number of nitrogens with zero attached hydrogens (tertiary/aromatic N) is 3. The Balaban J connectivity index is 2.42. The summed E-state index contributed by atoms with van der Waals surface area (Å²) in [5.74, 6) is -2.08. The fraction of sp³-hybridized carbons (Fsp3) is 0.778. The monoisotopic (exact) mass is 261 g/mol. The molecule has 0 aliphatic carbocycles. The second-order valence-corrected chi connectivity index (χ2v) is 3.85. The fourth-order valence-electron chi connectivity index (χ4n) is 1.51. The van der Waals surface area contributed by atoms with E-state index in [1.54, 1.807) is 0 Å². The van der Waals surface area contributed by atoms with E-state index in [0.29, 0.717) is 6.42 Å². The summed E-state index contributed by atoms with van der Waals surface area (Å²) in [6.45, 7) is 2.97. The first-order chi connectivity index (χ1) is 8.40. The normalized spacial score (nSPS) is 21.6. The molecule has 0 saturated carbocycles. The molecular formula is C9H15N3O6. The van der Waals surface area contributed by atoms with Gasteiger partial charge in [0.1, 0.15) is 0 Å². The number of hydrogen-bond acceptors (Lipinski definition) is 6. The predicted molar refractivity (Wildman–Crippen MR) is 55.7 cm³/mol. The number of esters is 1. The molecule has 1 fully saturated rings. The Hall–Kier alpha value is -2.06. The SMILES string of the molecule is CC(=O)OC(C)ON=[N+]([O-])N1CCC(C(=O)O)C1. The second-order valence-electron chi connectivity index (χ2n) is 3.85. The minimum atomic E-state index is -0.975. The van der Waals surface area contributed by atoms with Gasteiger partial charge in [0.2, 0.25) is 5.28 Å². The van der Waals surface area contributed by atoms with E-state index in [4.69, 9.17) is 5.11 Å². The van der Waals surface area contributed by atoms with Crippen LogP contribution in [-0.4, -0.2) is 46.4 Å². The van der Waals surface area contributed by atoms with E-state index in [2.05, 4.69) is 14.9 Å². The molecular weight excluding hydrogens is 246 g/mol. The lowest BCUT2D eigenvalue weighted by Gasteiger charge is -2.12. The summed E-state index contributed by atoms with van der Waals surface area (Å²) < 4.78 is 4.59. The molecule has 0 aromatic rings. The van der Waals surface area contributed by atoms with Gasteiger partial charge in [-0.15, -0.1) is 5.01 Å². The van der Waals surface area contributed by atoms with Crippen LogP contribution in [0.5, 0.6) is 0 Å². The molecule has 1 N–H and O–H groups in total. The number of carbonyl (C=O) groups is 2. The lowest BCUT2D eigenvalue weighted by Crippen LogP contribution is -2.30. The van der Waals surface area contributed by atoms with Gasteiger partial charge < -0.3 is 15.1 Å². The minimum Gasteiger partial charge on any atom is -0.569 e. The molecule has 0 aromatic carbocycles. The topological polar surface area (TPSA) is 114 Å². The van der Waals surface area contributed by atoms with Gasteiger partial charge in [-0.05, 0) is 6.42 Å². The van der Waals surface area contributed by atoms with Gasteiger partial charge in [-0.3, -0.25) is 14.4 Å². The number of hydrazine groups is 1. The van der Waals surface area contributed by atoms with Crippen molar-refractivity contribution in [1.29, 1.82) is 0 Å². The third kappa shape index (κ3) is 4.07. The molecule has 0 aromatic heterocycles. The number of ether oxygens (including phenoxy) is 1. The molecule has 2 unspecified atom stereocenters. The van der Waals surface area contributed by atoms with Crippen LogP contribution in [0.2, 0.25) is 0 Å². The summed E-state index contributed by atoms with van der Waals surface area (Å²) in [5.41, 5.74) is 0. The quantitative estimate of drug-likeness (QED) is 0.245. The van der Waals surface area contributed by atoms with Crippen LogP contribution in [0.25, 0.3) is 0 Å². The van der Waals surface area contributed by atoms with Crippen molar-refractivity contribution in [2.45, 2.75) is 26.6 Å². The van der Waals surface area contributed by atoms with Crippen molar-refractivity contribution >= 4 is 11.9 Å². The summed E-state index contributed by atoms with van der Waals surface area (Å²) in [6.07, 6.45) is -0.597. The van der Waals surface area contributed by atoms with Gasteiger partial charge in [0.15, 0.2) is 0 Å². The van der Waals surface area contributed by atoms with Crippen molar-refractivity contribution < 1.29 is 29.2 Å². The Bertz CT molecular complexity index is 358. The Morgan fingerprint density at radius 1 is 1.61 bits per heavy atom. The summed E-state index contributed by atoms with van der Waals surface area (Å²) in [5, 5.41) is 24.6. The van der Waals surface area contributed by atoms with Gasteiger partial charge in [0.25, 0.3) is 6.29 Å². The van der Waals surface area contributed by atoms with E-state index in [1.165, 1.54) is 18.9 Å². The molecule has 18 heavy (non-hydrogen) atoms. The van der Waals surface area contributed by atoms with Crippen molar-refractivity contribution in [3.05, 3.63) is 5.21 Å². The third-order valence-electron chi connectivity index (χ3n) is 2.36. The van der Waals surface area contributed by atoms with Crippen LogP contribution in [-0.2, 0) is 19.2 Å². The Morgan fingerprint density at radius 2 is 2.28 bits per heavy atom. The fourth-order valence-corrected chi connectivity index (χ4v) is 1.51. The first-order valence-electron chi connectivity index (χ1n) is 5.39. The van der Waals surface area contributed by atoms with Crippen LogP contribution < -0.4 is 0 Å². The first kappa shape index (κ1) is 14.0. The number of carbonyl (C=O) groups excluding carboxylic acids is 1. The van der Waals surface area contributed by atoms with Crippen LogP contribution in [0.1, 0.15) is 20.3 Å². The van der Waals surface area contributed by atoms with Gasteiger partial charge in [-0.1, -0.05) is 0 Å². The van der Waals surface area contributed by atoms with E-state index in [9.17, 15) is 14.8 Å². The van der Waals surface area contributed by atoms with Crippen LogP contribution >= 0.6 is 0 Å². The molecule has 9 nitrogen and oxygen atoms in total.